The highest BCUT2D eigenvalue weighted by Crippen LogP contribution is 2.41. The van der Waals surface area contributed by atoms with Gasteiger partial charge in [-0.1, -0.05) is 0 Å². The summed E-state index contributed by atoms with van der Waals surface area (Å²) in [4.78, 5) is 35.8. The summed E-state index contributed by atoms with van der Waals surface area (Å²) < 4.78 is 4.52. The van der Waals surface area contributed by atoms with Crippen molar-refractivity contribution in [1.29, 1.82) is 0 Å². The van der Waals surface area contributed by atoms with Gasteiger partial charge in [-0.15, -0.1) is 0 Å². The molecular formula is C16H12N2O5. The van der Waals surface area contributed by atoms with E-state index in [1.807, 2.05) is 0 Å². The molecule has 1 heterocycles. The lowest BCUT2D eigenvalue weighted by atomic mass is 10.00. The Kier molecular flexibility index (Phi) is 3.33. The van der Waals surface area contributed by atoms with Gasteiger partial charge in [0.25, 0.3) is 11.6 Å². The van der Waals surface area contributed by atoms with Gasteiger partial charge in [0.2, 0.25) is 0 Å². The third-order valence-corrected chi connectivity index (χ3v) is 3.80. The van der Waals surface area contributed by atoms with E-state index in [0.29, 0.717) is 27.6 Å². The van der Waals surface area contributed by atoms with Gasteiger partial charge in [-0.05, 0) is 29.8 Å². The molecule has 116 valence electrons. The normalized spacial score (nSPS) is 13.1. The minimum absolute atomic E-state index is 0.0820. The average Bonchev–Trinajstić information content (AvgIpc) is 2.79. The minimum Gasteiger partial charge on any atom is -0.466 e. The zero-order valence-electron chi connectivity index (χ0n) is 12.4. The van der Waals surface area contributed by atoms with Crippen molar-refractivity contribution in [1.82, 2.24) is 0 Å². The topological polar surface area (TPSA) is 89.8 Å². The lowest BCUT2D eigenvalue weighted by molar-refractivity contribution is -0.383. The number of nitro groups is 1. The number of hydrogen-bond donors (Lipinski definition) is 0. The van der Waals surface area contributed by atoms with Crippen LogP contribution < -0.4 is 4.90 Å². The Labute approximate surface area is 130 Å². The second kappa shape index (κ2) is 5.20. The Morgan fingerprint density at radius 3 is 2.74 bits per heavy atom. The maximum absolute atomic E-state index is 12.3. The molecule has 0 aliphatic carbocycles. The summed E-state index contributed by atoms with van der Waals surface area (Å²) in [6.45, 7) is 0. The van der Waals surface area contributed by atoms with Crippen molar-refractivity contribution in [2.24, 2.45) is 0 Å². The molecule has 0 saturated carbocycles. The highest BCUT2D eigenvalue weighted by Gasteiger charge is 2.30. The average molecular weight is 312 g/mol. The smallest absolute Gasteiger partial charge is 0.330 e. The van der Waals surface area contributed by atoms with Crippen molar-refractivity contribution < 1.29 is 19.2 Å². The number of hydrogen-bond acceptors (Lipinski definition) is 5. The standard InChI is InChI=1S/C16H12N2O5/c1-17-13-5-4-12(18(21)22)10-7-9(3-6-14(19)23-2)8-11(15(10)13)16(17)20/h3-8H,1-2H3/b6-3+. The molecular weight excluding hydrogens is 300 g/mol. The fourth-order valence-corrected chi connectivity index (χ4v) is 2.70. The Balaban J connectivity index is 2.29. The molecule has 7 nitrogen and oxygen atoms in total. The number of benzene rings is 2. The lowest BCUT2D eigenvalue weighted by Crippen LogP contribution is -2.20. The SMILES string of the molecule is COC(=O)/C=C/c1cc2c3c(ccc([N+](=O)[O-])c3c1)N(C)C2=O. The summed E-state index contributed by atoms with van der Waals surface area (Å²) >= 11 is 0. The van der Waals surface area contributed by atoms with Crippen LogP contribution in [0.2, 0.25) is 0 Å². The highest BCUT2D eigenvalue weighted by atomic mass is 16.6. The molecule has 0 unspecified atom stereocenters. The number of esters is 1. The second-order valence-electron chi connectivity index (χ2n) is 5.07. The zero-order chi connectivity index (χ0) is 16.7. The molecule has 0 atom stereocenters. The summed E-state index contributed by atoms with van der Waals surface area (Å²) in [5.74, 6) is -0.785. The van der Waals surface area contributed by atoms with Crippen molar-refractivity contribution in [3.63, 3.8) is 0 Å². The van der Waals surface area contributed by atoms with Crippen LogP contribution in [0.15, 0.2) is 30.3 Å². The van der Waals surface area contributed by atoms with E-state index in [2.05, 4.69) is 4.74 Å². The Hall–Kier alpha value is -3.22. The number of anilines is 1. The largest absolute Gasteiger partial charge is 0.466 e. The first-order valence-electron chi connectivity index (χ1n) is 6.73. The van der Waals surface area contributed by atoms with Crippen molar-refractivity contribution in [3.8, 4) is 0 Å². The maximum atomic E-state index is 12.3. The Bertz CT molecular complexity index is 901. The van der Waals surface area contributed by atoms with Crippen molar-refractivity contribution in [2.75, 3.05) is 19.1 Å². The first kappa shape index (κ1) is 14.7. The zero-order valence-corrected chi connectivity index (χ0v) is 12.4. The van der Waals surface area contributed by atoms with Crippen LogP contribution in [-0.2, 0) is 9.53 Å². The van der Waals surface area contributed by atoms with E-state index < -0.39 is 10.9 Å². The Morgan fingerprint density at radius 2 is 2.09 bits per heavy atom. The van der Waals surface area contributed by atoms with Gasteiger partial charge in [0.15, 0.2) is 0 Å². The van der Waals surface area contributed by atoms with Gasteiger partial charge in [-0.2, -0.15) is 0 Å². The molecule has 0 N–H and O–H groups in total. The number of non-ortho nitro benzene ring substituents is 1. The van der Waals surface area contributed by atoms with Crippen LogP contribution in [0.4, 0.5) is 11.4 Å². The molecule has 1 aliphatic rings. The molecule has 0 aromatic heterocycles. The van der Waals surface area contributed by atoms with Crippen LogP contribution in [0, 0.1) is 10.1 Å². The third-order valence-electron chi connectivity index (χ3n) is 3.80. The monoisotopic (exact) mass is 312 g/mol. The van der Waals surface area contributed by atoms with Gasteiger partial charge < -0.3 is 9.64 Å². The van der Waals surface area contributed by atoms with E-state index in [1.165, 1.54) is 30.2 Å². The molecule has 1 amide bonds. The number of amides is 1. The van der Waals surface area contributed by atoms with Crippen LogP contribution in [0.3, 0.4) is 0 Å². The number of carbonyl (C=O) groups is 2. The molecule has 7 heteroatoms. The summed E-state index contributed by atoms with van der Waals surface area (Å²) in [6, 6.07) is 6.15. The van der Waals surface area contributed by atoms with Crippen LogP contribution in [0.5, 0.6) is 0 Å². The number of nitro benzene ring substituents is 1. The molecule has 0 radical (unpaired) electrons. The van der Waals surface area contributed by atoms with Gasteiger partial charge in [0.05, 0.1) is 28.7 Å². The van der Waals surface area contributed by atoms with E-state index in [0.717, 1.165) is 0 Å². The quantitative estimate of drug-likeness (QED) is 0.376. The van der Waals surface area contributed by atoms with E-state index in [9.17, 15) is 19.7 Å². The van der Waals surface area contributed by atoms with Crippen molar-refractivity contribution in [3.05, 3.63) is 51.6 Å². The van der Waals surface area contributed by atoms with E-state index >= 15 is 0 Å². The third kappa shape index (κ3) is 2.22. The van der Waals surface area contributed by atoms with Gasteiger partial charge in [-0.25, -0.2) is 4.79 Å². The lowest BCUT2D eigenvalue weighted by Gasteiger charge is -2.09. The predicted octanol–water partition coefficient (Wildman–Crippen LogP) is 2.52. The molecule has 1 aliphatic heterocycles. The molecule has 3 rings (SSSR count). The minimum atomic E-state index is -0.548. The number of methoxy groups -OCH3 is 1. The van der Waals surface area contributed by atoms with Crippen LogP contribution >= 0.6 is 0 Å². The maximum Gasteiger partial charge on any atom is 0.330 e. The second-order valence-corrected chi connectivity index (χ2v) is 5.07. The predicted molar refractivity (Wildman–Crippen MR) is 84.4 cm³/mol. The summed E-state index contributed by atoms with van der Waals surface area (Å²) in [6.07, 6.45) is 2.66. The first-order chi connectivity index (χ1) is 10.9. The first-order valence-corrected chi connectivity index (χ1v) is 6.73. The van der Waals surface area contributed by atoms with Gasteiger partial charge in [0.1, 0.15) is 0 Å². The van der Waals surface area contributed by atoms with Gasteiger partial charge in [-0.3, -0.25) is 14.9 Å². The molecule has 0 spiro atoms. The van der Waals surface area contributed by atoms with E-state index in [4.69, 9.17) is 0 Å². The van der Waals surface area contributed by atoms with E-state index in [1.54, 1.807) is 25.2 Å². The summed E-state index contributed by atoms with van der Waals surface area (Å²) in [7, 11) is 2.87. The fourth-order valence-electron chi connectivity index (χ4n) is 2.70. The Morgan fingerprint density at radius 1 is 1.35 bits per heavy atom. The number of ether oxygens (including phenoxy) is 1. The number of rotatable bonds is 3. The highest BCUT2D eigenvalue weighted by molar-refractivity contribution is 6.26. The van der Waals surface area contributed by atoms with Crippen LogP contribution in [0.1, 0.15) is 15.9 Å². The molecule has 0 fully saturated rings. The summed E-state index contributed by atoms with van der Waals surface area (Å²) in [5, 5.41) is 12.2. The van der Waals surface area contributed by atoms with Crippen molar-refractivity contribution >= 4 is 40.1 Å². The molecule has 0 bridgehead atoms. The van der Waals surface area contributed by atoms with Crippen LogP contribution in [-0.4, -0.2) is 31.0 Å². The van der Waals surface area contributed by atoms with Crippen LogP contribution in [0.25, 0.3) is 16.8 Å². The molecule has 0 saturated heterocycles. The van der Waals surface area contributed by atoms with Gasteiger partial charge in [0, 0.05) is 24.6 Å². The molecule has 23 heavy (non-hydrogen) atoms. The van der Waals surface area contributed by atoms with E-state index in [-0.39, 0.29) is 11.6 Å². The fraction of sp³-hybridized carbons (Fsp3) is 0.125. The molecule has 2 aromatic carbocycles. The summed E-state index contributed by atoms with van der Waals surface area (Å²) in [5.41, 5.74) is 1.45. The number of nitrogens with zero attached hydrogens (tertiary/aromatic N) is 2. The van der Waals surface area contributed by atoms with Gasteiger partial charge >= 0.3 is 5.97 Å². The number of carbonyl (C=O) groups excluding carboxylic acids is 2. The molecule has 2 aromatic rings. The van der Waals surface area contributed by atoms with Crippen molar-refractivity contribution in [2.45, 2.75) is 0 Å².